The van der Waals surface area contributed by atoms with E-state index >= 15 is 8.78 Å². The number of hydrogen-bond donors (Lipinski definition) is 1. The number of carbonyl (C=O) groups excluding carboxylic acids is 2. The van der Waals surface area contributed by atoms with Crippen molar-refractivity contribution in [1.29, 1.82) is 0 Å². The summed E-state index contributed by atoms with van der Waals surface area (Å²) in [5.74, 6) is -11.5. The summed E-state index contributed by atoms with van der Waals surface area (Å²) in [6.45, 7) is 13.6. The average molecular weight is 733 g/mol. The van der Waals surface area contributed by atoms with Crippen LogP contribution in [0.15, 0.2) is 24.3 Å². The number of alkyl halides is 10. The summed E-state index contributed by atoms with van der Waals surface area (Å²) in [6, 6.07) is 0. The third kappa shape index (κ3) is 8.77. The molecule has 48 heavy (non-hydrogen) atoms. The number of aliphatic hydroxyl groups is 1. The zero-order valence-corrected chi connectivity index (χ0v) is 29.3. The van der Waals surface area contributed by atoms with Gasteiger partial charge >= 0.3 is 36.1 Å². The van der Waals surface area contributed by atoms with Crippen molar-refractivity contribution >= 4 is 20.3 Å². The van der Waals surface area contributed by atoms with E-state index in [9.17, 15) is 49.8 Å². The summed E-state index contributed by atoms with van der Waals surface area (Å²) < 4.78 is 155. The van der Waals surface area contributed by atoms with Crippen LogP contribution in [0.1, 0.15) is 91.9 Å². The van der Waals surface area contributed by atoms with Gasteiger partial charge in [0.15, 0.2) is 19.5 Å². The lowest BCUT2D eigenvalue weighted by molar-refractivity contribution is -0.365. The fourth-order valence-electron chi connectivity index (χ4n) is 5.70. The molecule has 0 saturated heterocycles. The molecular weight excluding hydrogens is 686 g/mol. The molecule has 0 aliphatic heterocycles. The fourth-order valence-corrected chi connectivity index (χ4v) is 7.17. The van der Waals surface area contributed by atoms with Crippen LogP contribution in [0.5, 0.6) is 0 Å². The van der Waals surface area contributed by atoms with E-state index in [2.05, 4.69) is 13.2 Å². The highest BCUT2D eigenvalue weighted by Gasteiger charge is 2.77. The summed E-state index contributed by atoms with van der Waals surface area (Å²) in [4.78, 5) is 23.6. The van der Waals surface area contributed by atoms with Crippen LogP contribution in [-0.2, 0) is 23.5 Å². The molecule has 2 rings (SSSR count). The van der Waals surface area contributed by atoms with Crippen LogP contribution in [0.3, 0.4) is 0 Å². The first-order valence-corrected chi connectivity index (χ1v) is 18.8. The van der Waals surface area contributed by atoms with Crippen molar-refractivity contribution < 1.29 is 72.5 Å². The Balaban J connectivity index is 0.000000487. The third-order valence-electron chi connectivity index (χ3n) is 8.55. The number of hydrogen-bond acceptors (Lipinski definition) is 6. The van der Waals surface area contributed by atoms with Gasteiger partial charge in [0, 0.05) is 11.1 Å². The topological polar surface area (TPSA) is 82.1 Å². The molecule has 6 nitrogen and oxygen atoms in total. The maximum atomic E-state index is 15.5. The Bertz CT molecular complexity index is 1180. The highest BCUT2D eigenvalue weighted by atomic mass is 28.4. The predicted octanol–water partition coefficient (Wildman–Crippen LogP) is 9.37. The molecule has 17 heteroatoms. The standard InChI is InChI=1S/C17H27F5O3Si.C14H19F5O3/c1-12(2)13(23)24-15(10-8-7-9-11-15)16(18,19)14(3,17(20,21)22)25-26(4,5)6;1-9(2)10(20)22-12(7-5-4-6-8-12)13(15,16)11(3,21)14(17,18)19/h1,7-11H2,2-6H3;21H,1,4-8H2,2-3H3. The molecule has 0 aromatic carbocycles. The van der Waals surface area contributed by atoms with Crippen molar-refractivity contribution in [3.63, 3.8) is 0 Å². The fraction of sp³-hybridized carbons (Fsp3) is 0.806. The maximum absolute atomic E-state index is 15.5. The van der Waals surface area contributed by atoms with Crippen LogP contribution in [0.4, 0.5) is 43.9 Å². The second-order valence-electron chi connectivity index (χ2n) is 13.9. The second-order valence-corrected chi connectivity index (χ2v) is 18.3. The monoisotopic (exact) mass is 732 g/mol. The normalized spacial score (nSPS) is 21.4. The SMILES string of the molecule is C=C(C)C(=O)OC1(C(F)(F)C(C)(O)C(F)(F)F)CCCCC1.C=C(C)C(=O)OC1(C(F)(F)C(C)(O[Si](C)(C)C)C(F)(F)F)CCCCC1. The minimum Gasteiger partial charge on any atom is -0.449 e. The van der Waals surface area contributed by atoms with E-state index in [1.165, 1.54) is 33.5 Å². The van der Waals surface area contributed by atoms with Gasteiger partial charge in [0.25, 0.3) is 0 Å². The molecule has 0 amide bonds. The Kier molecular flexibility index (Phi) is 13.4. The largest absolute Gasteiger partial charge is 0.449 e. The molecular formula is C31H46F10O6Si. The van der Waals surface area contributed by atoms with Gasteiger partial charge in [0.1, 0.15) is 0 Å². The molecule has 0 spiro atoms. The molecule has 2 atom stereocenters. The van der Waals surface area contributed by atoms with Gasteiger partial charge in [-0.1, -0.05) is 26.0 Å². The summed E-state index contributed by atoms with van der Waals surface area (Å²) >= 11 is 0. The van der Waals surface area contributed by atoms with E-state index in [4.69, 9.17) is 13.9 Å². The maximum Gasteiger partial charge on any atom is 0.423 e. The third-order valence-corrected chi connectivity index (χ3v) is 9.57. The predicted molar refractivity (Wildman–Crippen MR) is 159 cm³/mol. The van der Waals surface area contributed by atoms with Gasteiger partial charge in [-0.05, 0) is 98.7 Å². The Morgan fingerprint density at radius 3 is 1.19 bits per heavy atom. The van der Waals surface area contributed by atoms with Crippen LogP contribution >= 0.6 is 0 Å². The van der Waals surface area contributed by atoms with E-state index in [0.29, 0.717) is 19.8 Å². The van der Waals surface area contributed by atoms with E-state index in [1.807, 2.05) is 0 Å². The van der Waals surface area contributed by atoms with Crippen LogP contribution in [0.25, 0.3) is 0 Å². The van der Waals surface area contributed by atoms with E-state index < -0.39 is 79.7 Å². The number of esters is 2. The van der Waals surface area contributed by atoms with Crippen LogP contribution in [0.2, 0.25) is 19.6 Å². The minimum absolute atomic E-state index is 0.00202. The summed E-state index contributed by atoms with van der Waals surface area (Å²) in [7, 11) is -3.03. The van der Waals surface area contributed by atoms with Crippen LogP contribution in [-0.4, -0.2) is 72.0 Å². The van der Waals surface area contributed by atoms with Gasteiger partial charge in [-0.15, -0.1) is 0 Å². The highest BCUT2D eigenvalue weighted by molar-refractivity contribution is 6.69. The van der Waals surface area contributed by atoms with E-state index in [0.717, 1.165) is 0 Å². The van der Waals surface area contributed by atoms with Crippen molar-refractivity contribution in [2.75, 3.05) is 0 Å². The van der Waals surface area contributed by atoms with Gasteiger partial charge < -0.3 is 19.0 Å². The Hall–Kier alpha value is -2.14. The zero-order chi connectivity index (χ0) is 38.0. The molecule has 0 aromatic rings. The molecule has 1 N–H and O–H groups in total. The van der Waals surface area contributed by atoms with Crippen molar-refractivity contribution in [2.24, 2.45) is 0 Å². The first kappa shape index (κ1) is 43.9. The summed E-state index contributed by atoms with van der Waals surface area (Å²) in [5.41, 5.74) is -13.7. The first-order chi connectivity index (χ1) is 21.3. The molecule has 0 heterocycles. The van der Waals surface area contributed by atoms with E-state index in [-0.39, 0.29) is 56.6 Å². The lowest BCUT2D eigenvalue weighted by atomic mass is 9.73. The van der Waals surface area contributed by atoms with Crippen molar-refractivity contribution in [2.45, 2.75) is 158 Å². The van der Waals surface area contributed by atoms with Crippen molar-refractivity contribution in [1.82, 2.24) is 0 Å². The van der Waals surface area contributed by atoms with Crippen LogP contribution < -0.4 is 0 Å². The number of carbonyl (C=O) groups is 2. The second kappa shape index (κ2) is 14.6. The van der Waals surface area contributed by atoms with Crippen molar-refractivity contribution in [3.8, 4) is 0 Å². The first-order valence-electron chi connectivity index (χ1n) is 15.4. The molecule has 0 aromatic heterocycles. The zero-order valence-electron chi connectivity index (χ0n) is 28.3. The molecule has 2 aliphatic carbocycles. The van der Waals surface area contributed by atoms with Crippen molar-refractivity contribution in [3.05, 3.63) is 24.3 Å². The smallest absolute Gasteiger partial charge is 0.423 e. The molecule has 2 fully saturated rings. The molecule has 2 unspecified atom stereocenters. The van der Waals surface area contributed by atoms with Crippen LogP contribution in [0, 0.1) is 0 Å². The lowest BCUT2D eigenvalue weighted by Gasteiger charge is -2.51. The summed E-state index contributed by atoms with van der Waals surface area (Å²) in [6.07, 6.45) is -10.6. The number of rotatable bonds is 10. The average Bonchev–Trinajstić information content (AvgIpc) is 2.91. The Morgan fingerprint density at radius 1 is 0.625 bits per heavy atom. The Morgan fingerprint density at radius 2 is 0.938 bits per heavy atom. The summed E-state index contributed by atoms with van der Waals surface area (Å²) in [5, 5.41) is 9.46. The highest BCUT2D eigenvalue weighted by Crippen LogP contribution is 2.56. The quantitative estimate of drug-likeness (QED) is 0.104. The van der Waals surface area contributed by atoms with Gasteiger partial charge in [-0.25, -0.2) is 9.59 Å². The van der Waals surface area contributed by atoms with Gasteiger partial charge in [0.05, 0.1) is 0 Å². The molecule has 2 saturated carbocycles. The molecule has 0 bridgehead atoms. The number of ether oxygens (including phenoxy) is 2. The van der Waals surface area contributed by atoms with Gasteiger partial charge in [0.2, 0.25) is 11.2 Å². The molecule has 2 aliphatic rings. The van der Waals surface area contributed by atoms with Gasteiger partial charge in [-0.3, -0.25) is 0 Å². The Labute approximate surface area is 275 Å². The molecule has 280 valence electrons. The lowest BCUT2D eigenvalue weighted by Crippen LogP contribution is -2.71. The van der Waals surface area contributed by atoms with E-state index in [1.54, 1.807) is 0 Å². The minimum atomic E-state index is -5.57. The number of halogens is 10. The van der Waals surface area contributed by atoms with Gasteiger partial charge in [-0.2, -0.15) is 43.9 Å². The molecule has 0 radical (unpaired) electrons.